The SMILES string of the molecule is COC(=O)c1cc(CCl)cc(C(=O)CCCl)c1. The molecule has 0 saturated carbocycles. The fourth-order valence-electron chi connectivity index (χ4n) is 1.40. The fraction of sp³-hybridized carbons (Fsp3) is 0.333. The van der Waals surface area contributed by atoms with Crippen LogP contribution in [0.15, 0.2) is 18.2 Å². The Kier molecular flexibility index (Phi) is 5.45. The average molecular weight is 275 g/mol. The highest BCUT2D eigenvalue weighted by Crippen LogP contribution is 2.15. The Hall–Kier alpha value is -1.06. The van der Waals surface area contributed by atoms with Crippen molar-refractivity contribution in [3.63, 3.8) is 0 Å². The van der Waals surface area contributed by atoms with Crippen LogP contribution in [0.1, 0.15) is 32.7 Å². The Morgan fingerprint density at radius 1 is 1.18 bits per heavy atom. The van der Waals surface area contributed by atoms with E-state index in [0.29, 0.717) is 16.7 Å². The van der Waals surface area contributed by atoms with Crippen molar-refractivity contribution < 1.29 is 14.3 Å². The largest absolute Gasteiger partial charge is 0.465 e. The summed E-state index contributed by atoms with van der Waals surface area (Å²) in [7, 11) is 1.29. The van der Waals surface area contributed by atoms with Crippen molar-refractivity contribution in [2.24, 2.45) is 0 Å². The molecule has 0 heterocycles. The molecule has 0 saturated heterocycles. The zero-order valence-corrected chi connectivity index (χ0v) is 10.8. The lowest BCUT2D eigenvalue weighted by Crippen LogP contribution is -2.06. The van der Waals surface area contributed by atoms with E-state index in [2.05, 4.69) is 4.74 Å². The molecule has 0 bridgehead atoms. The van der Waals surface area contributed by atoms with Gasteiger partial charge in [-0.25, -0.2) is 4.79 Å². The van der Waals surface area contributed by atoms with Gasteiger partial charge in [0, 0.05) is 23.7 Å². The number of carbonyl (C=O) groups is 2. The molecule has 0 amide bonds. The topological polar surface area (TPSA) is 43.4 Å². The van der Waals surface area contributed by atoms with Gasteiger partial charge in [-0.2, -0.15) is 0 Å². The molecule has 1 aromatic rings. The van der Waals surface area contributed by atoms with Crippen molar-refractivity contribution in [1.29, 1.82) is 0 Å². The molecular formula is C12H12Cl2O3. The van der Waals surface area contributed by atoms with E-state index in [-0.39, 0.29) is 24.0 Å². The molecule has 0 aliphatic rings. The molecular weight excluding hydrogens is 263 g/mol. The van der Waals surface area contributed by atoms with Gasteiger partial charge >= 0.3 is 5.97 Å². The van der Waals surface area contributed by atoms with Gasteiger partial charge in [0.05, 0.1) is 12.7 Å². The van der Waals surface area contributed by atoms with E-state index in [0.717, 1.165) is 0 Å². The number of halogens is 2. The van der Waals surface area contributed by atoms with Gasteiger partial charge in [0.2, 0.25) is 0 Å². The Balaban J connectivity index is 3.13. The molecule has 1 rings (SSSR count). The summed E-state index contributed by atoms with van der Waals surface area (Å²) >= 11 is 11.2. The van der Waals surface area contributed by atoms with E-state index in [1.165, 1.54) is 13.2 Å². The van der Waals surface area contributed by atoms with E-state index in [1.54, 1.807) is 12.1 Å². The molecule has 0 atom stereocenters. The highest BCUT2D eigenvalue weighted by molar-refractivity contribution is 6.19. The summed E-state index contributed by atoms with van der Waals surface area (Å²) in [4.78, 5) is 23.1. The van der Waals surface area contributed by atoms with E-state index in [1.807, 2.05) is 0 Å². The standard InChI is InChI=1S/C12H12Cl2O3/c1-17-12(16)10-5-8(7-14)4-9(6-10)11(15)2-3-13/h4-6H,2-3,7H2,1H3. The molecule has 5 heteroatoms. The highest BCUT2D eigenvalue weighted by atomic mass is 35.5. The Morgan fingerprint density at radius 3 is 2.35 bits per heavy atom. The smallest absolute Gasteiger partial charge is 0.337 e. The third-order valence-corrected chi connectivity index (χ3v) is 2.71. The minimum Gasteiger partial charge on any atom is -0.465 e. The van der Waals surface area contributed by atoms with Crippen LogP contribution in [-0.2, 0) is 10.6 Å². The van der Waals surface area contributed by atoms with Crippen molar-refractivity contribution in [1.82, 2.24) is 0 Å². The minimum atomic E-state index is -0.489. The van der Waals surface area contributed by atoms with Gasteiger partial charge in [0.15, 0.2) is 5.78 Å². The van der Waals surface area contributed by atoms with Crippen LogP contribution in [0.3, 0.4) is 0 Å². The quantitative estimate of drug-likeness (QED) is 0.471. The number of rotatable bonds is 5. The number of Topliss-reactive ketones (excluding diaryl/α,β-unsaturated/α-hetero) is 1. The minimum absolute atomic E-state index is 0.114. The molecule has 0 N–H and O–H groups in total. The number of alkyl halides is 2. The van der Waals surface area contributed by atoms with Gasteiger partial charge in [0.25, 0.3) is 0 Å². The maximum absolute atomic E-state index is 11.7. The van der Waals surface area contributed by atoms with Crippen molar-refractivity contribution in [2.45, 2.75) is 12.3 Å². The predicted molar refractivity (Wildman–Crippen MR) is 67.0 cm³/mol. The van der Waals surface area contributed by atoms with Crippen LogP contribution < -0.4 is 0 Å². The summed E-state index contributed by atoms with van der Waals surface area (Å²) in [5.41, 5.74) is 1.46. The summed E-state index contributed by atoms with van der Waals surface area (Å²) in [5, 5.41) is 0. The summed E-state index contributed by atoms with van der Waals surface area (Å²) in [6.45, 7) is 0. The summed E-state index contributed by atoms with van der Waals surface area (Å²) in [6.07, 6.45) is 0.230. The second-order valence-corrected chi connectivity index (χ2v) is 4.05. The van der Waals surface area contributed by atoms with Crippen molar-refractivity contribution in [3.8, 4) is 0 Å². The number of carbonyl (C=O) groups excluding carboxylic acids is 2. The lowest BCUT2D eigenvalue weighted by atomic mass is 10.0. The first-order valence-electron chi connectivity index (χ1n) is 4.99. The maximum atomic E-state index is 11.7. The number of hydrogen-bond acceptors (Lipinski definition) is 3. The van der Waals surface area contributed by atoms with E-state index >= 15 is 0 Å². The number of ether oxygens (including phenoxy) is 1. The number of benzene rings is 1. The Labute approximate surface area is 110 Å². The molecule has 1 aromatic carbocycles. The number of hydrogen-bond donors (Lipinski definition) is 0. The number of methoxy groups -OCH3 is 1. The first-order valence-corrected chi connectivity index (χ1v) is 6.06. The summed E-state index contributed by atoms with van der Waals surface area (Å²) in [5.74, 6) is -0.127. The normalized spacial score (nSPS) is 10.1. The third kappa shape index (κ3) is 3.72. The fourth-order valence-corrected chi connectivity index (χ4v) is 1.72. The molecule has 0 radical (unpaired) electrons. The van der Waals surface area contributed by atoms with Gasteiger partial charge < -0.3 is 4.74 Å². The molecule has 3 nitrogen and oxygen atoms in total. The van der Waals surface area contributed by atoms with Crippen molar-refractivity contribution in [3.05, 3.63) is 34.9 Å². The zero-order valence-electron chi connectivity index (χ0n) is 9.33. The Morgan fingerprint density at radius 2 is 1.82 bits per heavy atom. The summed E-state index contributed by atoms with van der Waals surface area (Å²) < 4.78 is 4.61. The second-order valence-electron chi connectivity index (χ2n) is 3.41. The van der Waals surface area contributed by atoms with Crippen LogP contribution in [0.5, 0.6) is 0 Å². The summed E-state index contributed by atoms with van der Waals surface area (Å²) in [6, 6.07) is 4.77. The van der Waals surface area contributed by atoms with Gasteiger partial charge in [-0.05, 0) is 23.8 Å². The molecule has 0 aliphatic heterocycles. The van der Waals surface area contributed by atoms with Gasteiger partial charge in [-0.1, -0.05) is 0 Å². The van der Waals surface area contributed by atoms with Gasteiger partial charge in [-0.15, -0.1) is 23.2 Å². The first-order chi connectivity index (χ1) is 8.12. The number of ketones is 1. The maximum Gasteiger partial charge on any atom is 0.337 e. The molecule has 0 spiro atoms. The molecule has 92 valence electrons. The lowest BCUT2D eigenvalue weighted by Gasteiger charge is -2.06. The third-order valence-electron chi connectivity index (χ3n) is 2.21. The average Bonchev–Trinajstić information content (AvgIpc) is 2.37. The van der Waals surface area contributed by atoms with Crippen molar-refractivity contribution in [2.75, 3.05) is 13.0 Å². The predicted octanol–water partition coefficient (Wildman–Crippen LogP) is 3.02. The monoisotopic (exact) mass is 274 g/mol. The van der Waals surface area contributed by atoms with E-state index in [9.17, 15) is 9.59 Å². The van der Waals surface area contributed by atoms with Crippen LogP contribution in [0.25, 0.3) is 0 Å². The van der Waals surface area contributed by atoms with Crippen LogP contribution in [0, 0.1) is 0 Å². The molecule has 17 heavy (non-hydrogen) atoms. The van der Waals surface area contributed by atoms with E-state index < -0.39 is 5.97 Å². The van der Waals surface area contributed by atoms with Gasteiger partial charge in [-0.3, -0.25) is 4.79 Å². The number of esters is 1. The molecule has 0 unspecified atom stereocenters. The Bertz CT molecular complexity index is 430. The molecule has 0 fully saturated rings. The van der Waals surface area contributed by atoms with Crippen molar-refractivity contribution >= 4 is 35.0 Å². The molecule has 0 aromatic heterocycles. The lowest BCUT2D eigenvalue weighted by molar-refractivity contribution is 0.0600. The van der Waals surface area contributed by atoms with Crippen LogP contribution in [0.4, 0.5) is 0 Å². The van der Waals surface area contributed by atoms with E-state index in [4.69, 9.17) is 23.2 Å². The zero-order chi connectivity index (χ0) is 12.8. The first kappa shape index (κ1) is 14.0. The van der Waals surface area contributed by atoms with Crippen LogP contribution in [-0.4, -0.2) is 24.7 Å². The van der Waals surface area contributed by atoms with Gasteiger partial charge in [0.1, 0.15) is 0 Å². The second kappa shape index (κ2) is 6.62. The highest BCUT2D eigenvalue weighted by Gasteiger charge is 2.12. The van der Waals surface area contributed by atoms with Crippen LogP contribution in [0.2, 0.25) is 0 Å². The van der Waals surface area contributed by atoms with Crippen LogP contribution >= 0.6 is 23.2 Å². The molecule has 0 aliphatic carbocycles.